The second kappa shape index (κ2) is 9.90. The SMILES string of the molecule is COC(=O)N1CCC(Oc2ncnc(Oc3ccc(/C=C4\SC(=O)NC4=O)cc3)c2C)CC1. The molecule has 2 aliphatic rings. The van der Waals surface area contributed by atoms with E-state index in [1.54, 1.807) is 35.2 Å². The normalized spacial score (nSPS) is 17.8. The Morgan fingerprint density at radius 2 is 1.85 bits per heavy atom. The summed E-state index contributed by atoms with van der Waals surface area (Å²) in [5.74, 6) is 0.961. The van der Waals surface area contributed by atoms with E-state index in [1.165, 1.54) is 13.4 Å². The topological polar surface area (TPSA) is 120 Å². The molecule has 1 aromatic carbocycles. The fourth-order valence-electron chi connectivity index (χ4n) is 3.40. The molecular weight excluding hydrogens is 448 g/mol. The van der Waals surface area contributed by atoms with Gasteiger partial charge in [0.2, 0.25) is 11.8 Å². The van der Waals surface area contributed by atoms with Crippen LogP contribution in [-0.2, 0) is 9.53 Å². The fourth-order valence-corrected chi connectivity index (χ4v) is 4.08. The van der Waals surface area contributed by atoms with Gasteiger partial charge < -0.3 is 19.1 Å². The van der Waals surface area contributed by atoms with Crippen molar-refractivity contribution in [2.75, 3.05) is 20.2 Å². The number of benzene rings is 1. The molecule has 4 rings (SSSR count). The van der Waals surface area contributed by atoms with Crippen LogP contribution in [0.3, 0.4) is 0 Å². The quantitative estimate of drug-likeness (QED) is 0.655. The Labute approximate surface area is 194 Å². The number of rotatable bonds is 5. The maximum Gasteiger partial charge on any atom is 0.409 e. The van der Waals surface area contributed by atoms with Gasteiger partial charge in [-0.05, 0) is 42.5 Å². The second-order valence-corrected chi connectivity index (χ2v) is 8.42. The third kappa shape index (κ3) is 5.43. The number of hydrogen-bond acceptors (Lipinski definition) is 9. The Hall–Kier alpha value is -3.60. The summed E-state index contributed by atoms with van der Waals surface area (Å²) in [4.78, 5) is 45.0. The van der Waals surface area contributed by atoms with E-state index in [2.05, 4.69) is 15.3 Å². The molecule has 0 saturated carbocycles. The Morgan fingerprint density at radius 1 is 1.15 bits per heavy atom. The summed E-state index contributed by atoms with van der Waals surface area (Å²) in [5, 5.41) is 1.85. The monoisotopic (exact) mass is 470 g/mol. The molecule has 172 valence electrons. The average molecular weight is 471 g/mol. The predicted octanol–water partition coefficient (Wildman–Crippen LogP) is 3.51. The van der Waals surface area contributed by atoms with Gasteiger partial charge in [0.25, 0.3) is 11.1 Å². The molecule has 1 aromatic heterocycles. The summed E-state index contributed by atoms with van der Waals surface area (Å²) in [6.45, 7) is 2.93. The van der Waals surface area contributed by atoms with Crippen molar-refractivity contribution in [2.45, 2.75) is 25.9 Å². The van der Waals surface area contributed by atoms with Gasteiger partial charge in [0.15, 0.2) is 0 Å². The molecule has 0 radical (unpaired) electrons. The number of nitrogens with one attached hydrogen (secondary N) is 1. The molecular formula is C22H22N4O6S. The minimum atomic E-state index is -0.398. The second-order valence-electron chi connectivity index (χ2n) is 7.41. The van der Waals surface area contributed by atoms with E-state index in [1.807, 2.05) is 6.92 Å². The van der Waals surface area contributed by atoms with Crippen molar-refractivity contribution < 1.29 is 28.6 Å². The molecule has 2 aliphatic heterocycles. The molecule has 0 unspecified atom stereocenters. The van der Waals surface area contributed by atoms with Gasteiger partial charge in [0, 0.05) is 25.9 Å². The van der Waals surface area contributed by atoms with Gasteiger partial charge in [-0.15, -0.1) is 0 Å². The highest BCUT2D eigenvalue weighted by Crippen LogP contribution is 2.30. The number of nitrogens with zero attached hydrogens (tertiary/aromatic N) is 3. The molecule has 1 N–H and O–H groups in total. The van der Waals surface area contributed by atoms with Crippen LogP contribution in [0.25, 0.3) is 6.08 Å². The predicted molar refractivity (Wildman–Crippen MR) is 120 cm³/mol. The number of piperidine rings is 1. The van der Waals surface area contributed by atoms with Crippen LogP contribution in [0.2, 0.25) is 0 Å². The Balaban J connectivity index is 1.39. The summed E-state index contributed by atoms with van der Waals surface area (Å²) in [6.07, 6.45) is 3.97. The van der Waals surface area contributed by atoms with Crippen LogP contribution >= 0.6 is 11.8 Å². The third-order valence-electron chi connectivity index (χ3n) is 5.18. The fraction of sp³-hybridized carbons (Fsp3) is 0.318. The third-order valence-corrected chi connectivity index (χ3v) is 5.99. The molecule has 10 nitrogen and oxygen atoms in total. The Bertz CT molecular complexity index is 1100. The number of likely N-dealkylation sites (tertiary alicyclic amines) is 1. The van der Waals surface area contributed by atoms with Crippen molar-refractivity contribution in [3.05, 3.63) is 46.6 Å². The minimum absolute atomic E-state index is 0.0720. The van der Waals surface area contributed by atoms with Crippen LogP contribution in [0.5, 0.6) is 17.5 Å². The zero-order valence-electron chi connectivity index (χ0n) is 18.1. The lowest BCUT2D eigenvalue weighted by atomic mass is 10.1. The van der Waals surface area contributed by atoms with E-state index < -0.39 is 5.91 Å². The van der Waals surface area contributed by atoms with Gasteiger partial charge in [-0.2, -0.15) is 0 Å². The molecule has 3 heterocycles. The number of thioether (sulfide) groups is 1. The lowest BCUT2D eigenvalue weighted by molar-refractivity contribution is -0.115. The standard InChI is InChI=1S/C22H22N4O6S/c1-13-19(23-12-24-20(13)32-16-7-9-26(10-8-16)22(29)30-2)31-15-5-3-14(4-6-15)11-17-18(27)25-21(28)33-17/h3-6,11-12,16H,7-10H2,1-2H3,(H,25,27,28)/b17-11-. The first kappa shape index (κ1) is 22.6. The summed E-state index contributed by atoms with van der Waals surface area (Å²) in [7, 11) is 1.37. The number of amides is 3. The molecule has 11 heteroatoms. The smallest absolute Gasteiger partial charge is 0.409 e. The van der Waals surface area contributed by atoms with E-state index in [0.717, 1.165) is 17.3 Å². The first-order valence-corrected chi connectivity index (χ1v) is 11.1. The largest absolute Gasteiger partial charge is 0.474 e. The number of carbonyl (C=O) groups excluding carboxylic acids is 3. The molecule has 2 aromatic rings. The summed E-state index contributed by atoms with van der Waals surface area (Å²) in [6, 6.07) is 7.05. The number of imide groups is 1. The van der Waals surface area contributed by atoms with Crippen LogP contribution in [-0.4, -0.2) is 58.4 Å². The summed E-state index contributed by atoms with van der Waals surface area (Å²) >= 11 is 0.869. The van der Waals surface area contributed by atoms with Gasteiger partial charge in [-0.25, -0.2) is 14.8 Å². The van der Waals surface area contributed by atoms with E-state index in [4.69, 9.17) is 14.2 Å². The number of ether oxygens (including phenoxy) is 3. The maximum atomic E-state index is 11.7. The molecule has 2 fully saturated rings. The summed E-state index contributed by atoms with van der Waals surface area (Å²) < 4.78 is 16.7. The van der Waals surface area contributed by atoms with Crippen molar-refractivity contribution in [2.24, 2.45) is 0 Å². The molecule has 0 aliphatic carbocycles. The first-order valence-electron chi connectivity index (χ1n) is 10.3. The molecule has 33 heavy (non-hydrogen) atoms. The van der Waals surface area contributed by atoms with Crippen LogP contribution in [0.15, 0.2) is 35.5 Å². The number of hydrogen-bond donors (Lipinski definition) is 1. The van der Waals surface area contributed by atoms with E-state index >= 15 is 0 Å². The van der Waals surface area contributed by atoms with E-state index in [-0.39, 0.29) is 17.4 Å². The minimum Gasteiger partial charge on any atom is -0.474 e. The van der Waals surface area contributed by atoms with Gasteiger partial charge in [0.05, 0.1) is 17.6 Å². The van der Waals surface area contributed by atoms with Crippen LogP contribution in [0.4, 0.5) is 9.59 Å². The highest BCUT2D eigenvalue weighted by Gasteiger charge is 2.26. The van der Waals surface area contributed by atoms with Gasteiger partial charge >= 0.3 is 6.09 Å². The zero-order chi connectivity index (χ0) is 23.4. The first-order chi connectivity index (χ1) is 15.9. The van der Waals surface area contributed by atoms with Crippen molar-refractivity contribution in [3.8, 4) is 17.5 Å². The molecule has 0 atom stereocenters. The van der Waals surface area contributed by atoms with Gasteiger partial charge in [-0.1, -0.05) is 12.1 Å². The van der Waals surface area contributed by atoms with Crippen molar-refractivity contribution in [1.29, 1.82) is 0 Å². The van der Waals surface area contributed by atoms with Crippen molar-refractivity contribution >= 4 is 35.1 Å². The highest BCUT2D eigenvalue weighted by atomic mass is 32.2. The number of aromatic nitrogens is 2. The average Bonchev–Trinajstić information content (AvgIpc) is 3.14. The van der Waals surface area contributed by atoms with Gasteiger partial charge in [-0.3, -0.25) is 14.9 Å². The van der Waals surface area contributed by atoms with Crippen molar-refractivity contribution in [1.82, 2.24) is 20.2 Å². The lowest BCUT2D eigenvalue weighted by Gasteiger charge is -2.31. The van der Waals surface area contributed by atoms with E-state index in [0.29, 0.717) is 53.9 Å². The van der Waals surface area contributed by atoms with Crippen LogP contribution in [0, 0.1) is 6.92 Å². The van der Waals surface area contributed by atoms with Crippen LogP contribution in [0.1, 0.15) is 24.0 Å². The van der Waals surface area contributed by atoms with Crippen LogP contribution < -0.4 is 14.8 Å². The zero-order valence-corrected chi connectivity index (χ0v) is 18.9. The Kier molecular flexibility index (Phi) is 6.78. The lowest BCUT2D eigenvalue weighted by Crippen LogP contribution is -2.41. The molecule has 0 spiro atoms. The van der Waals surface area contributed by atoms with Gasteiger partial charge in [0.1, 0.15) is 18.2 Å². The maximum absolute atomic E-state index is 11.7. The highest BCUT2D eigenvalue weighted by molar-refractivity contribution is 8.18. The molecule has 2 saturated heterocycles. The molecule has 0 bridgehead atoms. The Morgan fingerprint density at radius 3 is 2.48 bits per heavy atom. The number of methoxy groups -OCH3 is 1. The molecule has 3 amide bonds. The van der Waals surface area contributed by atoms with Crippen molar-refractivity contribution in [3.63, 3.8) is 0 Å². The number of carbonyl (C=O) groups is 3. The van der Waals surface area contributed by atoms with E-state index in [9.17, 15) is 14.4 Å². The summed E-state index contributed by atoms with van der Waals surface area (Å²) in [5.41, 5.74) is 1.42.